The molecule has 7 heteroatoms. The van der Waals surface area contributed by atoms with Gasteiger partial charge in [-0.1, -0.05) is 51.1 Å². The molecule has 0 aromatic heterocycles. The van der Waals surface area contributed by atoms with E-state index >= 15 is 0 Å². The Kier molecular flexibility index (Phi) is 11.0. The molecule has 1 aromatic carbocycles. The number of hydrogen-bond acceptors (Lipinski definition) is 4. The number of hydrogen-bond donors (Lipinski definition) is 3. The number of benzene rings is 1. The van der Waals surface area contributed by atoms with E-state index in [-0.39, 0.29) is 24.7 Å². The molecule has 0 fully saturated rings. The highest BCUT2D eigenvalue weighted by molar-refractivity contribution is 7.86. The standard InChI is InChI=1S/C10H15NO3S.C3H9N.ClH/c1-8(7-10(11)15(12,13)14)9-5-3-2-4-6-9;1-3(2)4;/h2-6,8,10H,7,11H2,1H3,(H,12,13,14);3H,4H2,1-2H3;1H. The molecule has 0 saturated carbocycles. The molecule has 1 aromatic rings. The van der Waals surface area contributed by atoms with E-state index in [2.05, 4.69) is 0 Å². The lowest BCUT2D eigenvalue weighted by atomic mass is 9.98. The molecule has 0 radical (unpaired) electrons. The highest BCUT2D eigenvalue weighted by Gasteiger charge is 2.21. The van der Waals surface area contributed by atoms with Crippen LogP contribution in [0.25, 0.3) is 0 Å². The van der Waals surface area contributed by atoms with Gasteiger partial charge in [-0.2, -0.15) is 8.42 Å². The predicted molar refractivity (Wildman–Crippen MR) is 85.6 cm³/mol. The quantitative estimate of drug-likeness (QED) is 0.735. The van der Waals surface area contributed by atoms with Gasteiger partial charge in [0, 0.05) is 0 Å². The van der Waals surface area contributed by atoms with Crippen molar-refractivity contribution in [1.29, 1.82) is 0 Å². The molecule has 0 spiro atoms. The molecular formula is C13H25ClN2O3S. The van der Waals surface area contributed by atoms with E-state index in [9.17, 15) is 8.42 Å². The summed E-state index contributed by atoms with van der Waals surface area (Å²) in [5.41, 5.74) is 11.5. The van der Waals surface area contributed by atoms with Gasteiger partial charge in [-0.25, -0.2) is 0 Å². The molecule has 0 aliphatic heterocycles. The summed E-state index contributed by atoms with van der Waals surface area (Å²) in [6.07, 6.45) is 0.211. The third kappa shape index (κ3) is 10.2. The van der Waals surface area contributed by atoms with Gasteiger partial charge < -0.3 is 11.5 Å². The van der Waals surface area contributed by atoms with E-state index in [4.69, 9.17) is 16.0 Å². The normalized spacial score (nSPS) is 13.8. The van der Waals surface area contributed by atoms with Crippen LogP contribution < -0.4 is 11.5 Å². The Hall–Kier alpha value is -0.660. The lowest BCUT2D eigenvalue weighted by Crippen LogP contribution is -2.31. The van der Waals surface area contributed by atoms with Crippen molar-refractivity contribution in [3.63, 3.8) is 0 Å². The molecule has 0 amide bonds. The van der Waals surface area contributed by atoms with Gasteiger partial charge in [-0.15, -0.1) is 12.4 Å². The Balaban J connectivity index is 0. The SMILES string of the molecule is CC(C)N.CC(CC(N)S(=O)(=O)O)c1ccccc1.Cl. The maximum Gasteiger partial charge on any atom is 0.280 e. The molecule has 5 N–H and O–H groups in total. The van der Waals surface area contributed by atoms with Crippen molar-refractivity contribution in [3.8, 4) is 0 Å². The summed E-state index contributed by atoms with van der Waals surface area (Å²) in [7, 11) is -4.13. The zero-order chi connectivity index (χ0) is 15.1. The zero-order valence-electron chi connectivity index (χ0n) is 12.1. The summed E-state index contributed by atoms with van der Waals surface area (Å²) in [6.45, 7) is 5.76. The lowest BCUT2D eigenvalue weighted by molar-refractivity contribution is 0.457. The Morgan fingerprint density at radius 2 is 1.50 bits per heavy atom. The number of halogens is 1. The van der Waals surface area contributed by atoms with Gasteiger partial charge in [0.15, 0.2) is 0 Å². The van der Waals surface area contributed by atoms with E-state index in [0.717, 1.165) is 5.56 Å². The summed E-state index contributed by atoms with van der Waals surface area (Å²) < 4.78 is 30.2. The maximum atomic E-state index is 10.7. The van der Waals surface area contributed by atoms with Gasteiger partial charge in [-0.05, 0) is 23.9 Å². The molecule has 20 heavy (non-hydrogen) atoms. The fourth-order valence-electron chi connectivity index (χ4n) is 1.39. The van der Waals surface area contributed by atoms with Crippen molar-refractivity contribution in [2.75, 3.05) is 0 Å². The lowest BCUT2D eigenvalue weighted by Gasteiger charge is -2.15. The first kappa shape index (κ1) is 21.6. The second-order valence-corrected chi connectivity index (χ2v) is 6.48. The summed E-state index contributed by atoms with van der Waals surface area (Å²) in [4.78, 5) is 0. The highest BCUT2D eigenvalue weighted by atomic mass is 35.5. The molecule has 2 unspecified atom stereocenters. The summed E-state index contributed by atoms with van der Waals surface area (Å²) in [5.74, 6) is 0.00289. The summed E-state index contributed by atoms with van der Waals surface area (Å²) in [5, 5.41) is -1.22. The smallest absolute Gasteiger partial charge is 0.280 e. The predicted octanol–water partition coefficient (Wildman–Crippen LogP) is 2.13. The van der Waals surface area contributed by atoms with E-state index in [1.165, 1.54) is 0 Å². The van der Waals surface area contributed by atoms with Crippen LogP contribution in [0.1, 0.15) is 38.7 Å². The van der Waals surface area contributed by atoms with Gasteiger partial charge >= 0.3 is 0 Å². The van der Waals surface area contributed by atoms with Crippen LogP contribution in [0.3, 0.4) is 0 Å². The van der Waals surface area contributed by atoms with E-state index in [1.807, 2.05) is 51.1 Å². The summed E-state index contributed by atoms with van der Waals surface area (Å²) in [6, 6.07) is 9.79. The van der Waals surface area contributed by atoms with Gasteiger partial charge in [-0.3, -0.25) is 4.55 Å². The average Bonchev–Trinajstić information content (AvgIpc) is 2.28. The van der Waals surface area contributed by atoms with Crippen LogP contribution >= 0.6 is 12.4 Å². The van der Waals surface area contributed by atoms with Crippen molar-refractivity contribution in [2.45, 2.75) is 44.5 Å². The van der Waals surface area contributed by atoms with Crippen LogP contribution in [0.2, 0.25) is 0 Å². The molecule has 0 saturated heterocycles. The van der Waals surface area contributed by atoms with E-state index in [0.29, 0.717) is 6.04 Å². The number of nitrogens with two attached hydrogens (primary N) is 2. The minimum absolute atomic E-state index is 0. The molecule has 0 aliphatic carbocycles. The first-order valence-corrected chi connectivity index (χ1v) is 7.67. The van der Waals surface area contributed by atoms with Crippen molar-refractivity contribution in [3.05, 3.63) is 35.9 Å². The molecule has 0 bridgehead atoms. The summed E-state index contributed by atoms with van der Waals surface area (Å²) >= 11 is 0. The molecule has 1 rings (SSSR count). The Labute approximate surface area is 127 Å². The van der Waals surface area contributed by atoms with Crippen molar-refractivity contribution < 1.29 is 13.0 Å². The number of rotatable bonds is 4. The molecule has 2 atom stereocenters. The van der Waals surface area contributed by atoms with Crippen molar-refractivity contribution in [1.82, 2.24) is 0 Å². The van der Waals surface area contributed by atoms with Crippen LogP contribution in [0.15, 0.2) is 30.3 Å². The fraction of sp³-hybridized carbons (Fsp3) is 0.538. The van der Waals surface area contributed by atoms with Crippen LogP contribution in [0.5, 0.6) is 0 Å². The monoisotopic (exact) mass is 324 g/mol. The molecular weight excluding hydrogens is 300 g/mol. The highest BCUT2D eigenvalue weighted by Crippen LogP contribution is 2.20. The molecule has 0 aliphatic rings. The van der Waals surface area contributed by atoms with Crippen LogP contribution in [-0.2, 0) is 10.1 Å². The largest absolute Gasteiger partial charge is 0.328 e. The van der Waals surface area contributed by atoms with Gasteiger partial charge in [0.2, 0.25) is 0 Å². The second-order valence-electron chi connectivity index (χ2n) is 4.84. The van der Waals surface area contributed by atoms with Crippen LogP contribution in [0.4, 0.5) is 0 Å². The average molecular weight is 325 g/mol. The third-order valence-corrected chi connectivity index (χ3v) is 3.29. The van der Waals surface area contributed by atoms with Gasteiger partial charge in [0.1, 0.15) is 5.37 Å². The van der Waals surface area contributed by atoms with E-state index < -0.39 is 15.5 Å². The Bertz CT molecular complexity index is 449. The minimum Gasteiger partial charge on any atom is -0.328 e. The van der Waals surface area contributed by atoms with E-state index in [1.54, 1.807) is 0 Å². The fourth-order valence-corrected chi connectivity index (χ4v) is 1.92. The molecule has 118 valence electrons. The van der Waals surface area contributed by atoms with Gasteiger partial charge in [0.25, 0.3) is 10.1 Å². The molecule has 5 nitrogen and oxygen atoms in total. The Morgan fingerprint density at radius 3 is 1.85 bits per heavy atom. The van der Waals surface area contributed by atoms with Crippen LogP contribution in [-0.4, -0.2) is 24.4 Å². The van der Waals surface area contributed by atoms with Gasteiger partial charge in [0.05, 0.1) is 0 Å². The van der Waals surface area contributed by atoms with Crippen LogP contribution in [0, 0.1) is 0 Å². The van der Waals surface area contributed by atoms with Crippen molar-refractivity contribution >= 4 is 22.5 Å². The first-order valence-electron chi connectivity index (χ1n) is 6.17. The first-order chi connectivity index (χ1) is 8.64. The topological polar surface area (TPSA) is 106 Å². The molecule has 0 heterocycles. The minimum atomic E-state index is -4.13. The third-order valence-electron chi connectivity index (χ3n) is 2.34. The maximum absolute atomic E-state index is 10.7. The Morgan fingerprint density at radius 1 is 1.10 bits per heavy atom. The van der Waals surface area contributed by atoms with Crippen molar-refractivity contribution in [2.24, 2.45) is 11.5 Å². The second kappa shape index (κ2) is 10.1. The zero-order valence-corrected chi connectivity index (χ0v) is 13.7.